The number of halogens is 2. The van der Waals surface area contributed by atoms with Crippen molar-refractivity contribution in [3.8, 4) is 11.4 Å². The molecule has 1 heterocycles. The number of nitrogens with one attached hydrogen (secondary N) is 2. The Morgan fingerprint density at radius 1 is 1.04 bits per heavy atom. The van der Waals surface area contributed by atoms with Gasteiger partial charge in [0.05, 0.1) is 5.75 Å². The first kappa shape index (κ1) is 17.8. The highest BCUT2D eigenvalue weighted by atomic mass is 35.5. The van der Waals surface area contributed by atoms with Crippen LogP contribution >= 0.6 is 35.0 Å². The minimum absolute atomic E-state index is 0.0854. The summed E-state index contributed by atoms with van der Waals surface area (Å²) in [5.74, 6) is 0.796. The van der Waals surface area contributed by atoms with Gasteiger partial charge in [-0.3, -0.25) is 9.89 Å². The highest BCUT2D eigenvalue weighted by molar-refractivity contribution is 7.99. The summed E-state index contributed by atoms with van der Waals surface area (Å²) in [5.41, 5.74) is 1.88. The third kappa shape index (κ3) is 5.22. The number of rotatable bonds is 6. The number of aromatic nitrogens is 3. The molecule has 25 heavy (non-hydrogen) atoms. The summed E-state index contributed by atoms with van der Waals surface area (Å²) in [6, 6.07) is 14.6. The van der Waals surface area contributed by atoms with E-state index in [9.17, 15) is 4.79 Å². The molecule has 0 fully saturated rings. The molecule has 0 saturated carbocycles. The number of thioether (sulfide) groups is 1. The fourth-order valence-electron chi connectivity index (χ4n) is 2.03. The van der Waals surface area contributed by atoms with E-state index < -0.39 is 0 Å². The summed E-state index contributed by atoms with van der Waals surface area (Å²) in [4.78, 5) is 16.3. The van der Waals surface area contributed by atoms with E-state index in [0.717, 1.165) is 11.1 Å². The second kappa shape index (κ2) is 8.38. The molecule has 0 aliphatic rings. The summed E-state index contributed by atoms with van der Waals surface area (Å²) >= 11 is 13.0. The van der Waals surface area contributed by atoms with Gasteiger partial charge in [0.25, 0.3) is 0 Å². The van der Waals surface area contributed by atoms with Crippen LogP contribution in [0.25, 0.3) is 11.4 Å². The topological polar surface area (TPSA) is 70.7 Å². The molecule has 3 rings (SSSR count). The highest BCUT2D eigenvalue weighted by Crippen LogP contribution is 2.20. The van der Waals surface area contributed by atoms with Crippen LogP contribution in [0.5, 0.6) is 0 Å². The lowest BCUT2D eigenvalue weighted by atomic mass is 10.2. The van der Waals surface area contributed by atoms with Crippen LogP contribution < -0.4 is 5.32 Å². The van der Waals surface area contributed by atoms with E-state index in [1.165, 1.54) is 11.8 Å². The van der Waals surface area contributed by atoms with Crippen molar-refractivity contribution >= 4 is 40.9 Å². The largest absolute Gasteiger partial charge is 0.351 e. The normalized spacial score (nSPS) is 10.6. The molecule has 0 radical (unpaired) electrons. The lowest BCUT2D eigenvalue weighted by Gasteiger charge is -2.04. The zero-order valence-corrected chi connectivity index (χ0v) is 15.3. The van der Waals surface area contributed by atoms with Crippen molar-refractivity contribution in [1.29, 1.82) is 0 Å². The number of nitrogens with zero attached hydrogens (tertiary/aromatic N) is 2. The summed E-state index contributed by atoms with van der Waals surface area (Å²) in [6.45, 7) is 0.459. The van der Waals surface area contributed by atoms with Gasteiger partial charge in [0.15, 0.2) is 5.82 Å². The standard InChI is InChI=1S/C17H14Cl2N4OS/c18-13-5-1-11(2-6-13)9-20-15(24)10-25-17-21-16(22-23-17)12-3-7-14(19)8-4-12/h1-8H,9-10H2,(H,20,24)(H,21,22,23). The Labute approximate surface area is 159 Å². The van der Waals surface area contributed by atoms with Gasteiger partial charge in [-0.1, -0.05) is 47.1 Å². The van der Waals surface area contributed by atoms with Crippen LogP contribution in [0.1, 0.15) is 5.56 Å². The Kier molecular flexibility index (Phi) is 5.96. The van der Waals surface area contributed by atoms with Crippen molar-refractivity contribution in [3.05, 3.63) is 64.1 Å². The molecular formula is C17H14Cl2N4OS. The van der Waals surface area contributed by atoms with Crippen LogP contribution in [-0.4, -0.2) is 26.8 Å². The molecular weight excluding hydrogens is 379 g/mol. The number of carbonyl (C=O) groups excluding carboxylic acids is 1. The summed E-state index contributed by atoms with van der Waals surface area (Å²) < 4.78 is 0. The Balaban J connectivity index is 1.49. The first-order valence-electron chi connectivity index (χ1n) is 7.42. The molecule has 1 amide bonds. The van der Waals surface area contributed by atoms with Crippen molar-refractivity contribution in [2.75, 3.05) is 5.75 Å². The number of aromatic amines is 1. The molecule has 2 aromatic carbocycles. The maximum absolute atomic E-state index is 11.9. The number of H-pyrrole nitrogens is 1. The zero-order chi connectivity index (χ0) is 17.6. The molecule has 0 bridgehead atoms. The summed E-state index contributed by atoms with van der Waals surface area (Å²) in [5, 5.41) is 11.7. The lowest BCUT2D eigenvalue weighted by Crippen LogP contribution is -2.24. The minimum Gasteiger partial charge on any atom is -0.351 e. The predicted octanol–water partition coefficient (Wildman–Crippen LogP) is 4.19. The highest BCUT2D eigenvalue weighted by Gasteiger charge is 2.09. The zero-order valence-electron chi connectivity index (χ0n) is 13.0. The van der Waals surface area contributed by atoms with Crippen molar-refractivity contribution < 1.29 is 4.79 Å². The third-order valence-corrected chi connectivity index (χ3v) is 4.67. The molecule has 0 aliphatic carbocycles. The van der Waals surface area contributed by atoms with Crippen LogP contribution in [0, 0.1) is 0 Å². The van der Waals surface area contributed by atoms with Gasteiger partial charge in [-0.05, 0) is 42.0 Å². The Bertz CT molecular complexity index is 850. The average molecular weight is 393 g/mol. The monoisotopic (exact) mass is 392 g/mol. The minimum atomic E-state index is -0.0854. The second-order valence-electron chi connectivity index (χ2n) is 5.17. The van der Waals surface area contributed by atoms with Crippen molar-refractivity contribution in [2.45, 2.75) is 11.7 Å². The van der Waals surface area contributed by atoms with Gasteiger partial charge in [-0.25, -0.2) is 4.98 Å². The van der Waals surface area contributed by atoms with Crippen molar-refractivity contribution in [3.63, 3.8) is 0 Å². The van der Waals surface area contributed by atoms with Crippen LogP contribution in [0.4, 0.5) is 0 Å². The van der Waals surface area contributed by atoms with E-state index in [-0.39, 0.29) is 11.7 Å². The lowest BCUT2D eigenvalue weighted by molar-refractivity contribution is -0.118. The number of benzene rings is 2. The molecule has 5 nitrogen and oxygen atoms in total. The van der Waals surface area contributed by atoms with Crippen LogP contribution in [-0.2, 0) is 11.3 Å². The van der Waals surface area contributed by atoms with E-state index >= 15 is 0 Å². The first-order valence-corrected chi connectivity index (χ1v) is 9.16. The number of carbonyl (C=O) groups is 1. The maximum Gasteiger partial charge on any atom is 0.230 e. The average Bonchev–Trinajstić information content (AvgIpc) is 3.09. The van der Waals surface area contributed by atoms with E-state index in [1.807, 2.05) is 24.3 Å². The van der Waals surface area contributed by atoms with E-state index in [2.05, 4.69) is 20.5 Å². The van der Waals surface area contributed by atoms with E-state index in [4.69, 9.17) is 23.2 Å². The SMILES string of the molecule is O=C(CSc1n[nH]c(-c2ccc(Cl)cc2)n1)NCc1ccc(Cl)cc1. The molecule has 8 heteroatoms. The smallest absolute Gasteiger partial charge is 0.230 e. The van der Waals surface area contributed by atoms with Gasteiger partial charge < -0.3 is 5.32 Å². The molecule has 3 aromatic rings. The van der Waals surface area contributed by atoms with Crippen LogP contribution in [0.15, 0.2) is 53.7 Å². The first-order chi connectivity index (χ1) is 12.1. The second-order valence-corrected chi connectivity index (χ2v) is 6.98. The van der Waals surface area contributed by atoms with Gasteiger partial charge in [0, 0.05) is 22.2 Å². The quantitative estimate of drug-likeness (QED) is 0.617. The fraction of sp³-hybridized carbons (Fsp3) is 0.118. The molecule has 128 valence electrons. The van der Waals surface area contributed by atoms with E-state index in [1.54, 1.807) is 24.3 Å². The van der Waals surface area contributed by atoms with Crippen molar-refractivity contribution in [2.24, 2.45) is 0 Å². The summed E-state index contributed by atoms with van der Waals surface area (Å²) in [7, 11) is 0. The Morgan fingerprint density at radius 3 is 2.36 bits per heavy atom. The maximum atomic E-state index is 11.9. The number of amides is 1. The van der Waals surface area contributed by atoms with Gasteiger partial charge in [-0.15, -0.1) is 5.10 Å². The molecule has 1 aromatic heterocycles. The summed E-state index contributed by atoms with van der Waals surface area (Å²) in [6.07, 6.45) is 0. The van der Waals surface area contributed by atoms with E-state index in [0.29, 0.717) is 27.6 Å². The predicted molar refractivity (Wildman–Crippen MR) is 101 cm³/mol. The van der Waals surface area contributed by atoms with Gasteiger partial charge in [-0.2, -0.15) is 0 Å². The van der Waals surface area contributed by atoms with Gasteiger partial charge in [0.1, 0.15) is 0 Å². The fourth-order valence-corrected chi connectivity index (χ4v) is 2.91. The van der Waals surface area contributed by atoms with Gasteiger partial charge >= 0.3 is 0 Å². The van der Waals surface area contributed by atoms with Gasteiger partial charge in [0.2, 0.25) is 11.1 Å². The number of hydrogen-bond acceptors (Lipinski definition) is 4. The Hall–Kier alpha value is -2.02. The number of hydrogen-bond donors (Lipinski definition) is 2. The molecule has 2 N–H and O–H groups in total. The molecule has 0 spiro atoms. The molecule has 0 atom stereocenters. The molecule has 0 unspecified atom stereocenters. The molecule has 0 aliphatic heterocycles. The molecule has 0 saturated heterocycles. The van der Waals surface area contributed by atoms with Crippen LogP contribution in [0.2, 0.25) is 10.0 Å². The third-order valence-electron chi connectivity index (χ3n) is 3.32. The van der Waals surface area contributed by atoms with Crippen molar-refractivity contribution in [1.82, 2.24) is 20.5 Å². The Morgan fingerprint density at radius 2 is 1.68 bits per heavy atom. The van der Waals surface area contributed by atoms with Crippen LogP contribution in [0.3, 0.4) is 0 Å².